The summed E-state index contributed by atoms with van der Waals surface area (Å²) in [5.74, 6) is 0. The molecule has 0 radical (unpaired) electrons. The van der Waals surface area contributed by atoms with Crippen molar-refractivity contribution in [1.29, 1.82) is 0 Å². The molecule has 0 spiro atoms. The zero-order chi connectivity index (χ0) is 8.36. The van der Waals surface area contributed by atoms with E-state index in [2.05, 4.69) is 14.4 Å². The van der Waals surface area contributed by atoms with Gasteiger partial charge in [-0.25, -0.2) is 0 Å². The van der Waals surface area contributed by atoms with Crippen LogP contribution >= 0.6 is 6.49 Å². The molecule has 10 heavy (non-hydrogen) atoms. The van der Waals surface area contributed by atoms with Gasteiger partial charge in [-0.3, -0.25) is 14.4 Å². The van der Waals surface area contributed by atoms with Gasteiger partial charge in [0.2, 0.25) is 0 Å². The first kappa shape index (κ1) is 10.5. The number of hydrogen-bond acceptors (Lipinski definition) is 1. The molecule has 0 rings (SSSR count). The third-order valence-corrected chi connectivity index (χ3v) is 6.63. The van der Waals surface area contributed by atoms with E-state index < -0.39 is 6.49 Å². The number of rotatable bonds is 3. The standard InChI is InChI=1S/C5H16N3PS/c1-6-9(10,7(2)3)8(4)5/h1-5H3,(H,6,10). The van der Waals surface area contributed by atoms with E-state index in [1.54, 1.807) is 0 Å². The Morgan fingerprint density at radius 3 is 1.40 bits per heavy atom. The molecule has 0 aromatic carbocycles. The first-order valence-electron chi connectivity index (χ1n) is 3.10. The molecule has 0 unspecified atom stereocenters. The molecule has 62 valence electrons. The third-order valence-electron chi connectivity index (χ3n) is 1.38. The molecule has 5 heteroatoms. The fraction of sp³-hybridized carbons (Fsp3) is 1.00. The molecule has 0 heterocycles. The smallest absolute Gasteiger partial charge is 0.141 e. The molecule has 0 bridgehead atoms. The second kappa shape index (κ2) is 3.79. The summed E-state index contributed by atoms with van der Waals surface area (Å²) < 4.78 is 4.12. The van der Waals surface area contributed by atoms with Crippen molar-refractivity contribution in [3.8, 4) is 0 Å². The van der Waals surface area contributed by atoms with E-state index in [4.69, 9.17) is 11.8 Å². The maximum Gasteiger partial charge on any atom is 0.141 e. The molecule has 0 fully saturated rings. The monoisotopic (exact) mass is 181 g/mol. The van der Waals surface area contributed by atoms with Gasteiger partial charge in [0.1, 0.15) is 6.49 Å². The van der Waals surface area contributed by atoms with Crippen molar-refractivity contribution in [2.45, 2.75) is 0 Å². The van der Waals surface area contributed by atoms with Gasteiger partial charge in [0, 0.05) is 0 Å². The van der Waals surface area contributed by atoms with E-state index in [0.29, 0.717) is 0 Å². The average molecular weight is 181 g/mol. The predicted molar refractivity (Wildman–Crippen MR) is 50.7 cm³/mol. The van der Waals surface area contributed by atoms with Crippen LogP contribution in [0.1, 0.15) is 0 Å². The Balaban J connectivity index is 4.40. The minimum Gasteiger partial charge on any atom is -0.268 e. The van der Waals surface area contributed by atoms with Gasteiger partial charge >= 0.3 is 0 Å². The van der Waals surface area contributed by atoms with Crippen LogP contribution in [0.5, 0.6) is 0 Å². The second-order valence-corrected chi connectivity index (χ2v) is 7.12. The van der Waals surface area contributed by atoms with Crippen LogP contribution in [0.25, 0.3) is 0 Å². The Bertz CT molecular complexity index is 134. The van der Waals surface area contributed by atoms with E-state index >= 15 is 0 Å². The minimum atomic E-state index is -1.59. The van der Waals surface area contributed by atoms with Crippen molar-refractivity contribution in [3.05, 3.63) is 0 Å². The van der Waals surface area contributed by atoms with Crippen molar-refractivity contribution >= 4 is 18.3 Å². The van der Waals surface area contributed by atoms with Crippen LogP contribution in [0.4, 0.5) is 0 Å². The lowest BCUT2D eigenvalue weighted by atomic mass is 11.3. The molecule has 0 atom stereocenters. The molecule has 0 amide bonds. The molecule has 0 saturated carbocycles. The Morgan fingerprint density at radius 1 is 1.10 bits per heavy atom. The first-order chi connectivity index (χ1) is 4.45. The minimum absolute atomic E-state index is 1.59. The summed E-state index contributed by atoms with van der Waals surface area (Å²) >= 11 is 5.40. The quantitative estimate of drug-likeness (QED) is 0.641. The highest BCUT2D eigenvalue weighted by atomic mass is 32.4. The van der Waals surface area contributed by atoms with E-state index in [1.165, 1.54) is 0 Å². The van der Waals surface area contributed by atoms with Crippen molar-refractivity contribution in [1.82, 2.24) is 14.4 Å². The summed E-state index contributed by atoms with van der Waals surface area (Å²) in [7, 11) is 9.89. The topological polar surface area (TPSA) is 18.5 Å². The zero-order valence-corrected chi connectivity index (χ0v) is 8.96. The van der Waals surface area contributed by atoms with Crippen LogP contribution in [0.3, 0.4) is 0 Å². The summed E-state index contributed by atoms with van der Waals surface area (Å²) in [5, 5.41) is 3.16. The van der Waals surface area contributed by atoms with Crippen LogP contribution in [0, 0.1) is 0 Å². The molecule has 0 aliphatic heterocycles. The van der Waals surface area contributed by atoms with E-state index in [0.717, 1.165) is 0 Å². The highest BCUT2D eigenvalue weighted by Gasteiger charge is 2.18. The molecular formula is C5H16N3PS. The van der Waals surface area contributed by atoms with Gasteiger partial charge in [0.25, 0.3) is 0 Å². The van der Waals surface area contributed by atoms with Crippen molar-refractivity contribution in [2.75, 3.05) is 35.2 Å². The maximum atomic E-state index is 5.40. The lowest BCUT2D eigenvalue weighted by Crippen LogP contribution is -2.28. The zero-order valence-electron chi connectivity index (χ0n) is 7.25. The molecular weight excluding hydrogens is 165 g/mol. The highest BCUT2D eigenvalue weighted by molar-refractivity contribution is 8.11. The van der Waals surface area contributed by atoms with E-state index in [1.807, 2.05) is 35.2 Å². The SMILES string of the molecule is CNP(=S)(N(C)C)N(C)C. The van der Waals surface area contributed by atoms with Gasteiger partial charge in [0.15, 0.2) is 0 Å². The highest BCUT2D eigenvalue weighted by Crippen LogP contribution is 2.44. The molecule has 3 nitrogen and oxygen atoms in total. The fourth-order valence-corrected chi connectivity index (χ4v) is 2.27. The average Bonchev–Trinajstić information content (AvgIpc) is 1.85. The lowest BCUT2D eigenvalue weighted by Gasteiger charge is -2.33. The van der Waals surface area contributed by atoms with Crippen molar-refractivity contribution < 1.29 is 0 Å². The van der Waals surface area contributed by atoms with Gasteiger partial charge in [-0.1, -0.05) is 0 Å². The van der Waals surface area contributed by atoms with Crippen LogP contribution in [0.2, 0.25) is 0 Å². The van der Waals surface area contributed by atoms with Gasteiger partial charge in [-0.15, -0.1) is 0 Å². The van der Waals surface area contributed by atoms with Gasteiger partial charge in [0.05, 0.1) is 0 Å². The molecule has 0 aromatic rings. The second-order valence-electron chi connectivity index (χ2n) is 2.46. The predicted octanol–water partition coefficient (Wildman–Crippen LogP) is 0.553. The summed E-state index contributed by atoms with van der Waals surface area (Å²) in [6, 6.07) is 0. The largest absolute Gasteiger partial charge is 0.268 e. The molecule has 0 aromatic heterocycles. The Hall–Kier alpha value is 0.530. The normalized spacial score (nSPS) is 13.1. The molecule has 1 N–H and O–H groups in total. The van der Waals surface area contributed by atoms with Crippen molar-refractivity contribution in [2.24, 2.45) is 0 Å². The molecule has 0 aliphatic rings. The number of nitrogens with one attached hydrogen (secondary N) is 1. The van der Waals surface area contributed by atoms with Gasteiger partial charge in [-0.05, 0) is 47.0 Å². The van der Waals surface area contributed by atoms with Crippen LogP contribution in [-0.4, -0.2) is 44.6 Å². The molecule has 0 saturated heterocycles. The third kappa shape index (κ3) is 2.01. The summed E-state index contributed by atoms with van der Waals surface area (Å²) in [5.41, 5.74) is 0. The maximum absolute atomic E-state index is 5.40. The first-order valence-corrected chi connectivity index (χ1v) is 5.80. The van der Waals surface area contributed by atoms with Crippen LogP contribution in [-0.2, 0) is 11.8 Å². The molecule has 0 aliphatic carbocycles. The Morgan fingerprint density at radius 2 is 1.40 bits per heavy atom. The van der Waals surface area contributed by atoms with Crippen LogP contribution < -0.4 is 5.09 Å². The number of hydrogen-bond donors (Lipinski definition) is 1. The Labute approximate surface area is 68.6 Å². The van der Waals surface area contributed by atoms with Gasteiger partial charge < -0.3 is 0 Å². The van der Waals surface area contributed by atoms with E-state index in [9.17, 15) is 0 Å². The van der Waals surface area contributed by atoms with Crippen LogP contribution in [0.15, 0.2) is 0 Å². The summed E-state index contributed by atoms with van der Waals surface area (Å²) in [6.45, 7) is -1.59. The van der Waals surface area contributed by atoms with Crippen molar-refractivity contribution in [3.63, 3.8) is 0 Å². The summed E-state index contributed by atoms with van der Waals surface area (Å²) in [6.07, 6.45) is 0. The fourth-order valence-electron chi connectivity index (χ4n) is 0.758. The van der Waals surface area contributed by atoms with E-state index in [-0.39, 0.29) is 0 Å². The lowest BCUT2D eigenvalue weighted by molar-refractivity contribution is 0.560. The van der Waals surface area contributed by atoms with Gasteiger partial charge in [-0.2, -0.15) is 0 Å². The summed E-state index contributed by atoms with van der Waals surface area (Å²) in [4.78, 5) is 0. The Kier molecular flexibility index (Phi) is 3.99. The number of nitrogens with zero attached hydrogens (tertiary/aromatic N) is 2.